The summed E-state index contributed by atoms with van der Waals surface area (Å²) >= 11 is 6.38. The van der Waals surface area contributed by atoms with E-state index in [2.05, 4.69) is 10.5 Å². The van der Waals surface area contributed by atoms with E-state index in [0.717, 1.165) is 32.5 Å². The minimum absolute atomic E-state index is 0.102. The van der Waals surface area contributed by atoms with Gasteiger partial charge in [-0.25, -0.2) is 13.8 Å². The highest BCUT2D eigenvalue weighted by atomic mass is 35.5. The number of para-hydroxylation sites is 2. The van der Waals surface area contributed by atoms with Crippen LogP contribution < -0.4 is 9.73 Å². The molecule has 7 nitrogen and oxygen atoms in total. The summed E-state index contributed by atoms with van der Waals surface area (Å²) in [6, 6.07) is 24.5. The molecule has 0 aliphatic rings. The van der Waals surface area contributed by atoms with Gasteiger partial charge >= 0.3 is 0 Å². The summed E-state index contributed by atoms with van der Waals surface area (Å²) < 4.78 is 29.9. The molecule has 0 radical (unpaired) electrons. The second-order valence-electron chi connectivity index (χ2n) is 8.57. The molecule has 0 aliphatic heterocycles. The normalized spacial score (nSPS) is 11.6. The summed E-state index contributed by atoms with van der Waals surface area (Å²) in [6.45, 7) is 5.34. The number of hydrogen-bond acceptors (Lipinski definition) is 4. The Kier molecular flexibility index (Phi) is 7.80. The smallest absolute Gasteiger partial charge is 0.264 e. The van der Waals surface area contributed by atoms with E-state index in [1.54, 1.807) is 42.5 Å². The maximum Gasteiger partial charge on any atom is 0.264 e. The highest BCUT2D eigenvalue weighted by molar-refractivity contribution is 7.92. The fourth-order valence-corrected chi connectivity index (χ4v) is 5.65. The zero-order valence-electron chi connectivity index (χ0n) is 20.7. The number of hydrogen-bond donors (Lipinski definition) is 1. The molecule has 1 N–H and O–H groups in total. The molecule has 3 aromatic carbocycles. The Morgan fingerprint density at radius 3 is 2.30 bits per heavy atom. The van der Waals surface area contributed by atoms with Crippen LogP contribution in [0.25, 0.3) is 5.69 Å². The lowest BCUT2D eigenvalue weighted by Gasteiger charge is -2.23. The van der Waals surface area contributed by atoms with Crippen LogP contribution in [0.2, 0.25) is 5.02 Å². The largest absolute Gasteiger partial charge is 0.316 e. The summed E-state index contributed by atoms with van der Waals surface area (Å²) in [4.78, 5) is 12.9. The van der Waals surface area contributed by atoms with Crippen molar-refractivity contribution < 1.29 is 13.2 Å². The summed E-state index contributed by atoms with van der Waals surface area (Å²) in [5, 5.41) is 4.72. The van der Waals surface area contributed by atoms with Crippen molar-refractivity contribution in [3.63, 3.8) is 0 Å². The molecular weight excluding hydrogens is 508 g/mol. The summed E-state index contributed by atoms with van der Waals surface area (Å²) in [5.74, 6) is -0.573. The zero-order valence-corrected chi connectivity index (χ0v) is 22.3. The third-order valence-corrected chi connectivity index (χ3v) is 8.00. The van der Waals surface area contributed by atoms with Crippen LogP contribution >= 0.6 is 11.6 Å². The first-order valence-electron chi connectivity index (χ1n) is 11.6. The molecule has 4 aromatic rings. The summed E-state index contributed by atoms with van der Waals surface area (Å²) in [5.41, 5.74) is 7.28. The zero-order chi connectivity index (χ0) is 26.6. The monoisotopic (exact) mass is 534 g/mol. The van der Waals surface area contributed by atoms with Gasteiger partial charge in [-0.1, -0.05) is 59.6 Å². The Labute approximate surface area is 222 Å². The van der Waals surface area contributed by atoms with Crippen molar-refractivity contribution in [2.75, 3.05) is 10.8 Å². The van der Waals surface area contributed by atoms with Gasteiger partial charge in [-0.05, 0) is 63.2 Å². The molecule has 0 atom stereocenters. The van der Waals surface area contributed by atoms with Gasteiger partial charge in [-0.15, -0.1) is 0 Å². The number of rotatable bonds is 8. The van der Waals surface area contributed by atoms with Gasteiger partial charge in [0.1, 0.15) is 6.54 Å². The number of aromatic nitrogens is 1. The van der Waals surface area contributed by atoms with Crippen molar-refractivity contribution in [3.8, 4) is 5.69 Å². The average molecular weight is 535 g/mol. The number of nitrogens with one attached hydrogen (secondary N) is 1. The molecule has 0 bridgehead atoms. The summed E-state index contributed by atoms with van der Waals surface area (Å²) in [7, 11) is -3.98. The number of carbonyl (C=O) groups excluding carboxylic acids is 1. The van der Waals surface area contributed by atoms with Crippen LogP contribution in [0.5, 0.6) is 0 Å². The highest BCUT2D eigenvalue weighted by Crippen LogP contribution is 2.26. The molecule has 9 heteroatoms. The number of amides is 1. The lowest BCUT2D eigenvalue weighted by atomic mass is 10.2. The molecule has 0 saturated heterocycles. The lowest BCUT2D eigenvalue weighted by Crippen LogP contribution is -2.39. The second-order valence-corrected chi connectivity index (χ2v) is 10.8. The van der Waals surface area contributed by atoms with Crippen molar-refractivity contribution in [3.05, 3.63) is 112 Å². The van der Waals surface area contributed by atoms with E-state index >= 15 is 0 Å². The van der Waals surface area contributed by atoms with Crippen LogP contribution in [0.1, 0.15) is 22.5 Å². The van der Waals surface area contributed by atoms with E-state index in [1.165, 1.54) is 18.3 Å². The van der Waals surface area contributed by atoms with Crippen molar-refractivity contribution in [2.45, 2.75) is 25.7 Å². The molecule has 4 rings (SSSR count). The SMILES string of the molecule is Cc1ccc(S(=O)(=O)N(CC(=O)N/N=C\c2cc(C)n(-c3ccccc3Cl)c2C)c2ccccc2)cc1. The van der Waals surface area contributed by atoms with Crippen molar-refractivity contribution in [2.24, 2.45) is 5.10 Å². The first kappa shape index (κ1) is 26.2. The molecule has 0 spiro atoms. The van der Waals surface area contributed by atoms with Gasteiger partial charge in [-0.3, -0.25) is 9.10 Å². The third-order valence-electron chi connectivity index (χ3n) is 5.90. The second kappa shape index (κ2) is 11.0. The standard InChI is InChI=1S/C28H27ClN4O3S/c1-20-13-15-25(16-14-20)37(35,36)32(24-9-5-4-6-10-24)19-28(34)31-30-18-23-17-21(2)33(22(23)3)27-12-8-7-11-26(27)29/h4-18H,19H2,1-3H3,(H,31,34)/b30-18-. The molecule has 1 aromatic heterocycles. The van der Waals surface area contributed by atoms with Crippen molar-refractivity contribution >= 4 is 39.4 Å². The first-order valence-corrected chi connectivity index (χ1v) is 13.4. The molecular formula is C28H27ClN4O3S. The van der Waals surface area contributed by atoms with Gasteiger partial charge in [0.25, 0.3) is 15.9 Å². The molecule has 190 valence electrons. The van der Waals surface area contributed by atoms with E-state index in [9.17, 15) is 13.2 Å². The van der Waals surface area contributed by atoms with E-state index in [0.29, 0.717) is 10.7 Å². The van der Waals surface area contributed by atoms with Gasteiger partial charge in [0.2, 0.25) is 0 Å². The molecule has 0 saturated carbocycles. The van der Waals surface area contributed by atoms with Crippen LogP contribution in [-0.2, 0) is 14.8 Å². The number of halogens is 1. The number of anilines is 1. The fourth-order valence-electron chi connectivity index (χ4n) is 4.01. The van der Waals surface area contributed by atoms with Crippen LogP contribution in [0.15, 0.2) is 94.9 Å². The predicted molar refractivity (Wildman–Crippen MR) is 148 cm³/mol. The summed E-state index contributed by atoms with van der Waals surface area (Å²) in [6.07, 6.45) is 1.54. The predicted octanol–water partition coefficient (Wildman–Crippen LogP) is 5.40. The van der Waals surface area contributed by atoms with E-state index in [1.807, 2.05) is 55.7 Å². The third kappa shape index (κ3) is 5.76. The Hall–Kier alpha value is -3.88. The molecule has 1 heterocycles. The van der Waals surface area contributed by atoms with Crippen LogP contribution in [-0.4, -0.2) is 31.7 Å². The van der Waals surface area contributed by atoms with Gasteiger partial charge in [0.05, 0.1) is 27.5 Å². The Bertz CT molecular complexity index is 1550. The van der Waals surface area contributed by atoms with Gasteiger partial charge in [0.15, 0.2) is 0 Å². The van der Waals surface area contributed by atoms with Gasteiger partial charge in [-0.2, -0.15) is 5.10 Å². The van der Waals surface area contributed by atoms with Crippen molar-refractivity contribution in [1.82, 2.24) is 9.99 Å². The quantitative estimate of drug-likeness (QED) is 0.242. The molecule has 1 amide bonds. The number of nitrogens with zero attached hydrogens (tertiary/aromatic N) is 3. The van der Waals surface area contributed by atoms with E-state index in [4.69, 9.17) is 11.6 Å². The minimum Gasteiger partial charge on any atom is -0.316 e. The van der Waals surface area contributed by atoms with Crippen molar-refractivity contribution in [1.29, 1.82) is 0 Å². The molecule has 37 heavy (non-hydrogen) atoms. The molecule has 0 fully saturated rings. The Morgan fingerprint density at radius 1 is 0.973 bits per heavy atom. The van der Waals surface area contributed by atoms with E-state index < -0.39 is 22.5 Å². The number of sulfonamides is 1. The van der Waals surface area contributed by atoms with E-state index in [-0.39, 0.29) is 4.90 Å². The Morgan fingerprint density at radius 2 is 1.62 bits per heavy atom. The van der Waals surface area contributed by atoms with Gasteiger partial charge in [0, 0.05) is 17.0 Å². The van der Waals surface area contributed by atoms with Crippen LogP contribution in [0, 0.1) is 20.8 Å². The number of carbonyl (C=O) groups is 1. The fraction of sp³-hybridized carbons (Fsp3) is 0.143. The lowest BCUT2D eigenvalue weighted by molar-refractivity contribution is -0.119. The topological polar surface area (TPSA) is 83.8 Å². The van der Waals surface area contributed by atoms with Crippen LogP contribution in [0.3, 0.4) is 0 Å². The number of aryl methyl sites for hydroxylation is 2. The number of benzene rings is 3. The maximum atomic E-state index is 13.4. The average Bonchev–Trinajstić information content (AvgIpc) is 3.16. The molecule has 0 unspecified atom stereocenters. The van der Waals surface area contributed by atoms with Gasteiger partial charge < -0.3 is 4.57 Å². The Balaban J connectivity index is 1.54. The van der Waals surface area contributed by atoms with Crippen LogP contribution in [0.4, 0.5) is 5.69 Å². The minimum atomic E-state index is -3.98. The maximum absolute atomic E-state index is 13.4. The molecule has 0 aliphatic carbocycles. The number of hydrazone groups is 1. The first-order chi connectivity index (χ1) is 17.7. The highest BCUT2D eigenvalue weighted by Gasteiger charge is 2.27.